The molecule has 0 radical (unpaired) electrons. The van der Waals surface area contributed by atoms with Gasteiger partial charge < -0.3 is 0 Å². The van der Waals surface area contributed by atoms with Crippen LogP contribution in [-0.2, 0) is 0 Å². The lowest BCUT2D eigenvalue weighted by molar-refractivity contribution is 1.19. The summed E-state index contributed by atoms with van der Waals surface area (Å²) in [5.74, 6) is 0.895. The van der Waals surface area contributed by atoms with Crippen molar-refractivity contribution in [1.82, 2.24) is 4.98 Å². The van der Waals surface area contributed by atoms with Gasteiger partial charge in [0.2, 0.25) is 0 Å². The predicted octanol–water partition coefficient (Wildman–Crippen LogP) is 7.62. The monoisotopic (exact) mass is 424 g/mol. The Balaban J connectivity index is 1.95. The van der Waals surface area contributed by atoms with E-state index in [2.05, 4.69) is 105 Å². The summed E-state index contributed by atoms with van der Waals surface area (Å²) in [6.07, 6.45) is 1.84. The van der Waals surface area contributed by atoms with Crippen LogP contribution >= 0.6 is 15.9 Å². The van der Waals surface area contributed by atoms with Gasteiger partial charge in [0.25, 0.3) is 0 Å². The number of halogens is 1. The first kappa shape index (κ1) is 17.0. The first-order valence-corrected chi connectivity index (χ1v) is 9.99. The van der Waals surface area contributed by atoms with Gasteiger partial charge in [-0.1, -0.05) is 72.8 Å². The van der Waals surface area contributed by atoms with Crippen LogP contribution in [0.25, 0.3) is 21.5 Å². The van der Waals surface area contributed by atoms with Crippen LogP contribution in [0.3, 0.4) is 0 Å². The van der Waals surface area contributed by atoms with E-state index in [4.69, 9.17) is 0 Å². The van der Waals surface area contributed by atoms with E-state index in [-0.39, 0.29) is 0 Å². The van der Waals surface area contributed by atoms with Crippen LogP contribution in [0.2, 0.25) is 0 Å². The molecule has 1 heterocycles. The number of fused-ring (bicyclic) bond motifs is 2. The van der Waals surface area contributed by atoms with Crippen LogP contribution in [0, 0.1) is 0 Å². The molecule has 0 saturated carbocycles. The van der Waals surface area contributed by atoms with E-state index < -0.39 is 0 Å². The Kier molecular flexibility index (Phi) is 4.30. The second-order valence-electron chi connectivity index (χ2n) is 6.61. The van der Waals surface area contributed by atoms with E-state index in [1.54, 1.807) is 0 Å². The van der Waals surface area contributed by atoms with Gasteiger partial charge in [0.15, 0.2) is 0 Å². The number of anilines is 3. The Bertz CT molecular complexity index is 1170. The van der Waals surface area contributed by atoms with Crippen molar-refractivity contribution in [3.8, 4) is 0 Å². The summed E-state index contributed by atoms with van der Waals surface area (Å²) in [4.78, 5) is 6.93. The SMILES string of the molecule is Brc1c2ccccc2c(N(c2ccccc2)c2ccccn2)c2ccccc12. The molecule has 0 N–H and O–H groups in total. The minimum absolute atomic E-state index is 0.895. The summed E-state index contributed by atoms with van der Waals surface area (Å²) in [5, 5.41) is 4.74. The number of rotatable bonds is 3. The largest absolute Gasteiger partial charge is 0.294 e. The molecule has 1 aromatic heterocycles. The first-order valence-electron chi connectivity index (χ1n) is 9.20. The number of aromatic nitrogens is 1. The highest BCUT2D eigenvalue weighted by molar-refractivity contribution is 9.10. The third-order valence-corrected chi connectivity index (χ3v) is 5.81. The molecule has 3 heteroatoms. The van der Waals surface area contributed by atoms with Crippen molar-refractivity contribution >= 4 is 54.7 Å². The van der Waals surface area contributed by atoms with Gasteiger partial charge in [0.1, 0.15) is 5.82 Å². The maximum absolute atomic E-state index is 4.68. The Morgan fingerprint density at radius 1 is 0.571 bits per heavy atom. The molecule has 0 unspecified atom stereocenters. The average molecular weight is 425 g/mol. The van der Waals surface area contributed by atoms with E-state index in [1.165, 1.54) is 21.5 Å². The third-order valence-electron chi connectivity index (χ3n) is 4.95. The zero-order chi connectivity index (χ0) is 18.9. The molecule has 134 valence electrons. The molecule has 0 amide bonds. The second-order valence-corrected chi connectivity index (χ2v) is 7.41. The number of benzene rings is 4. The predicted molar refractivity (Wildman–Crippen MR) is 122 cm³/mol. The summed E-state index contributed by atoms with van der Waals surface area (Å²) in [5.41, 5.74) is 2.22. The van der Waals surface area contributed by atoms with Crippen LogP contribution in [0.15, 0.2) is 108 Å². The molecular weight excluding hydrogens is 408 g/mol. The average Bonchev–Trinajstić information content (AvgIpc) is 2.78. The van der Waals surface area contributed by atoms with Crippen molar-refractivity contribution in [2.45, 2.75) is 0 Å². The lowest BCUT2D eigenvalue weighted by Crippen LogP contribution is -2.12. The van der Waals surface area contributed by atoms with Crippen LogP contribution < -0.4 is 4.90 Å². The molecule has 0 aliphatic rings. The molecule has 5 rings (SSSR count). The molecule has 0 atom stereocenters. The van der Waals surface area contributed by atoms with Gasteiger partial charge in [0, 0.05) is 27.1 Å². The van der Waals surface area contributed by atoms with E-state index >= 15 is 0 Å². The van der Waals surface area contributed by atoms with Gasteiger partial charge in [-0.05, 0) is 51.0 Å². The summed E-state index contributed by atoms with van der Waals surface area (Å²) in [6, 6.07) is 33.5. The van der Waals surface area contributed by atoms with Crippen LogP contribution in [0.5, 0.6) is 0 Å². The fraction of sp³-hybridized carbons (Fsp3) is 0. The van der Waals surface area contributed by atoms with Crippen molar-refractivity contribution in [2.75, 3.05) is 4.90 Å². The molecule has 28 heavy (non-hydrogen) atoms. The molecule has 2 nitrogen and oxygen atoms in total. The van der Waals surface area contributed by atoms with Crippen molar-refractivity contribution in [3.05, 3.63) is 108 Å². The molecule has 0 saturated heterocycles. The fourth-order valence-corrected chi connectivity index (χ4v) is 4.42. The van der Waals surface area contributed by atoms with E-state index in [9.17, 15) is 0 Å². The second kappa shape index (κ2) is 7.10. The van der Waals surface area contributed by atoms with E-state index in [0.29, 0.717) is 0 Å². The quantitative estimate of drug-likeness (QED) is 0.277. The summed E-state index contributed by atoms with van der Waals surface area (Å²) >= 11 is 3.84. The molecule has 0 bridgehead atoms. The molecule has 0 fully saturated rings. The van der Waals surface area contributed by atoms with Crippen molar-refractivity contribution in [2.24, 2.45) is 0 Å². The van der Waals surface area contributed by atoms with Crippen molar-refractivity contribution < 1.29 is 0 Å². The Hall–Kier alpha value is -3.17. The highest BCUT2D eigenvalue weighted by atomic mass is 79.9. The summed E-state index contributed by atoms with van der Waals surface area (Å²) < 4.78 is 1.12. The van der Waals surface area contributed by atoms with Crippen LogP contribution in [-0.4, -0.2) is 4.98 Å². The molecule has 0 aliphatic heterocycles. The number of para-hydroxylation sites is 1. The lowest BCUT2D eigenvalue weighted by Gasteiger charge is -2.27. The highest BCUT2D eigenvalue weighted by Crippen LogP contribution is 2.45. The number of hydrogen-bond donors (Lipinski definition) is 0. The zero-order valence-electron chi connectivity index (χ0n) is 15.1. The van der Waals surface area contributed by atoms with Crippen LogP contribution in [0.4, 0.5) is 17.2 Å². The van der Waals surface area contributed by atoms with Gasteiger partial charge >= 0.3 is 0 Å². The molecule has 4 aromatic carbocycles. The highest BCUT2D eigenvalue weighted by Gasteiger charge is 2.20. The van der Waals surface area contributed by atoms with Gasteiger partial charge in [-0.25, -0.2) is 4.98 Å². The van der Waals surface area contributed by atoms with Crippen molar-refractivity contribution in [1.29, 1.82) is 0 Å². The summed E-state index contributed by atoms with van der Waals surface area (Å²) in [6.45, 7) is 0. The van der Waals surface area contributed by atoms with E-state index in [1.807, 2.05) is 24.4 Å². The Morgan fingerprint density at radius 3 is 1.68 bits per heavy atom. The summed E-state index contributed by atoms with van der Waals surface area (Å²) in [7, 11) is 0. The maximum atomic E-state index is 4.68. The maximum Gasteiger partial charge on any atom is 0.137 e. The first-order chi connectivity index (χ1) is 13.8. The van der Waals surface area contributed by atoms with E-state index in [0.717, 1.165) is 21.7 Å². The molecule has 0 spiro atoms. The number of pyridine rings is 1. The standard InChI is InChI=1S/C25H17BrN2/c26-24-19-12-4-6-14-21(19)25(22-15-7-5-13-20(22)24)28(18-10-2-1-3-11-18)23-16-8-9-17-27-23/h1-17H. The zero-order valence-corrected chi connectivity index (χ0v) is 16.7. The van der Waals surface area contributed by atoms with Gasteiger partial charge in [-0.2, -0.15) is 0 Å². The van der Waals surface area contributed by atoms with Crippen LogP contribution in [0.1, 0.15) is 0 Å². The fourth-order valence-electron chi connectivity index (χ4n) is 3.73. The Morgan fingerprint density at radius 2 is 1.11 bits per heavy atom. The molecular formula is C25H17BrN2. The number of hydrogen-bond acceptors (Lipinski definition) is 2. The lowest BCUT2D eigenvalue weighted by atomic mass is 9.99. The van der Waals surface area contributed by atoms with Gasteiger partial charge in [0.05, 0.1) is 5.69 Å². The number of nitrogens with zero attached hydrogens (tertiary/aromatic N) is 2. The normalized spacial score (nSPS) is 11.0. The molecule has 5 aromatic rings. The smallest absolute Gasteiger partial charge is 0.137 e. The minimum atomic E-state index is 0.895. The minimum Gasteiger partial charge on any atom is -0.294 e. The van der Waals surface area contributed by atoms with Gasteiger partial charge in [-0.15, -0.1) is 0 Å². The van der Waals surface area contributed by atoms with Gasteiger partial charge in [-0.3, -0.25) is 4.90 Å². The third kappa shape index (κ3) is 2.76. The topological polar surface area (TPSA) is 16.1 Å². The molecule has 0 aliphatic carbocycles. The Labute approximate surface area is 172 Å². The van der Waals surface area contributed by atoms with Crippen molar-refractivity contribution in [3.63, 3.8) is 0 Å².